The number of halogens is 1. The van der Waals surface area contributed by atoms with Crippen molar-refractivity contribution in [3.63, 3.8) is 0 Å². The van der Waals surface area contributed by atoms with Gasteiger partial charge in [0.05, 0.1) is 18.9 Å². The Balaban J connectivity index is 0.00000312. The molecule has 0 atom stereocenters. The Bertz CT molecular complexity index is 464. The quantitative estimate of drug-likeness (QED) is 0.252. The minimum absolute atomic E-state index is 0. The van der Waals surface area contributed by atoms with Gasteiger partial charge < -0.3 is 24.2 Å². The van der Waals surface area contributed by atoms with Gasteiger partial charge >= 0.3 is 0 Å². The van der Waals surface area contributed by atoms with Crippen molar-refractivity contribution in [2.75, 3.05) is 66.7 Å². The standard InChI is InChI=1S/C16H29N5O3.HI/c1-17-16(18-5-3-10-23-13-12-22-2)21-8-6-20(7-9-21)14-15-4-11-24-19-15;/h4,11H,3,5-10,12-14H2,1-2H3,(H,17,18);1H. The number of nitrogens with one attached hydrogen (secondary N) is 1. The molecular weight excluding hydrogens is 437 g/mol. The predicted octanol–water partition coefficient (Wildman–Crippen LogP) is 1.04. The highest BCUT2D eigenvalue weighted by molar-refractivity contribution is 14.0. The minimum Gasteiger partial charge on any atom is -0.382 e. The molecule has 0 aromatic carbocycles. The summed E-state index contributed by atoms with van der Waals surface area (Å²) in [5, 5.41) is 7.38. The summed E-state index contributed by atoms with van der Waals surface area (Å²) in [7, 11) is 3.51. The molecule has 0 unspecified atom stereocenters. The molecule has 9 heteroatoms. The van der Waals surface area contributed by atoms with Crippen LogP contribution < -0.4 is 5.32 Å². The molecule has 2 heterocycles. The summed E-state index contributed by atoms with van der Waals surface area (Å²) in [5.74, 6) is 0.966. The van der Waals surface area contributed by atoms with Crippen molar-refractivity contribution in [2.24, 2.45) is 4.99 Å². The van der Waals surface area contributed by atoms with E-state index in [0.717, 1.165) is 63.9 Å². The number of ether oxygens (including phenoxy) is 2. The summed E-state index contributed by atoms with van der Waals surface area (Å²) < 4.78 is 15.3. The molecule has 1 N–H and O–H groups in total. The number of guanidine groups is 1. The van der Waals surface area contributed by atoms with Crippen LogP contribution in [0.15, 0.2) is 21.8 Å². The van der Waals surface area contributed by atoms with Crippen molar-refractivity contribution < 1.29 is 14.0 Å². The summed E-state index contributed by atoms with van der Waals surface area (Å²) in [6.07, 6.45) is 2.57. The van der Waals surface area contributed by atoms with E-state index in [-0.39, 0.29) is 24.0 Å². The lowest BCUT2D eigenvalue weighted by Gasteiger charge is -2.36. The smallest absolute Gasteiger partial charge is 0.193 e. The molecule has 0 saturated carbocycles. The molecule has 1 aromatic heterocycles. The highest BCUT2D eigenvalue weighted by atomic mass is 127. The molecule has 2 rings (SSSR count). The number of aliphatic imine (C=N–C) groups is 1. The zero-order valence-corrected chi connectivity index (χ0v) is 17.5. The van der Waals surface area contributed by atoms with E-state index >= 15 is 0 Å². The van der Waals surface area contributed by atoms with Gasteiger partial charge in [0.1, 0.15) is 6.26 Å². The molecule has 1 aromatic rings. The summed E-state index contributed by atoms with van der Waals surface area (Å²) in [6.45, 7) is 7.64. The number of rotatable bonds is 9. The Morgan fingerprint density at radius 3 is 2.72 bits per heavy atom. The number of hydrogen-bond donors (Lipinski definition) is 1. The van der Waals surface area contributed by atoms with Gasteiger partial charge in [-0.3, -0.25) is 9.89 Å². The lowest BCUT2D eigenvalue weighted by molar-refractivity contribution is 0.0697. The second-order valence-electron chi connectivity index (χ2n) is 5.69. The van der Waals surface area contributed by atoms with Gasteiger partial charge in [0.15, 0.2) is 5.96 Å². The number of piperazine rings is 1. The van der Waals surface area contributed by atoms with E-state index in [1.54, 1.807) is 13.4 Å². The van der Waals surface area contributed by atoms with Crippen LogP contribution in [0, 0.1) is 0 Å². The van der Waals surface area contributed by atoms with Gasteiger partial charge in [-0.25, -0.2) is 0 Å². The summed E-state index contributed by atoms with van der Waals surface area (Å²) >= 11 is 0. The van der Waals surface area contributed by atoms with Crippen molar-refractivity contribution in [3.05, 3.63) is 18.0 Å². The second kappa shape index (κ2) is 13.3. The topological polar surface area (TPSA) is 75.4 Å². The zero-order chi connectivity index (χ0) is 17.0. The van der Waals surface area contributed by atoms with E-state index in [4.69, 9.17) is 14.0 Å². The Labute approximate surface area is 166 Å². The van der Waals surface area contributed by atoms with E-state index in [1.165, 1.54) is 0 Å². The van der Waals surface area contributed by atoms with Crippen molar-refractivity contribution in [3.8, 4) is 0 Å². The molecule has 1 fully saturated rings. The fraction of sp³-hybridized carbons (Fsp3) is 0.750. The van der Waals surface area contributed by atoms with Gasteiger partial charge in [0.2, 0.25) is 0 Å². The molecule has 0 radical (unpaired) electrons. The van der Waals surface area contributed by atoms with Crippen molar-refractivity contribution >= 4 is 29.9 Å². The normalized spacial score (nSPS) is 15.9. The van der Waals surface area contributed by atoms with Crippen molar-refractivity contribution in [1.82, 2.24) is 20.3 Å². The highest BCUT2D eigenvalue weighted by Gasteiger charge is 2.19. The maximum Gasteiger partial charge on any atom is 0.193 e. The van der Waals surface area contributed by atoms with Crippen LogP contribution >= 0.6 is 24.0 Å². The summed E-state index contributed by atoms with van der Waals surface area (Å²) in [6, 6.07) is 1.92. The molecule has 0 bridgehead atoms. The maximum absolute atomic E-state index is 5.46. The summed E-state index contributed by atoms with van der Waals surface area (Å²) in [4.78, 5) is 9.06. The first-order valence-electron chi connectivity index (χ1n) is 8.47. The number of methoxy groups -OCH3 is 1. The average Bonchev–Trinajstić information content (AvgIpc) is 3.11. The molecule has 0 spiro atoms. The molecule has 25 heavy (non-hydrogen) atoms. The number of hydrogen-bond acceptors (Lipinski definition) is 6. The third-order valence-electron chi connectivity index (χ3n) is 3.94. The second-order valence-corrected chi connectivity index (χ2v) is 5.69. The van der Waals surface area contributed by atoms with Crippen LogP contribution in [-0.2, 0) is 16.0 Å². The average molecular weight is 467 g/mol. The largest absolute Gasteiger partial charge is 0.382 e. The first-order chi connectivity index (χ1) is 11.8. The van der Waals surface area contributed by atoms with Gasteiger partial charge in [-0.05, 0) is 6.42 Å². The molecule has 1 aliphatic rings. The van der Waals surface area contributed by atoms with Crippen LogP contribution in [0.4, 0.5) is 0 Å². The Morgan fingerprint density at radius 2 is 2.08 bits per heavy atom. The Morgan fingerprint density at radius 1 is 1.28 bits per heavy atom. The Kier molecular flexibility index (Phi) is 11.8. The Hall–Kier alpha value is -0.910. The summed E-state index contributed by atoms with van der Waals surface area (Å²) in [5.41, 5.74) is 0.986. The third kappa shape index (κ3) is 8.34. The van der Waals surface area contributed by atoms with Gasteiger partial charge in [0.25, 0.3) is 0 Å². The van der Waals surface area contributed by atoms with Crippen molar-refractivity contribution in [1.29, 1.82) is 0 Å². The van der Waals surface area contributed by atoms with Crippen LogP contribution in [0.5, 0.6) is 0 Å². The zero-order valence-electron chi connectivity index (χ0n) is 15.1. The predicted molar refractivity (Wildman–Crippen MR) is 107 cm³/mol. The van der Waals surface area contributed by atoms with Crippen LogP contribution in [0.25, 0.3) is 0 Å². The SMILES string of the molecule is CN=C(NCCCOCCOC)N1CCN(Cc2ccon2)CC1.I. The van der Waals surface area contributed by atoms with Crippen LogP contribution in [0.2, 0.25) is 0 Å². The molecular formula is C16H30IN5O3. The van der Waals surface area contributed by atoms with Crippen molar-refractivity contribution in [2.45, 2.75) is 13.0 Å². The third-order valence-corrected chi connectivity index (χ3v) is 3.94. The molecule has 1 aliphatic heterocycles. The van der Waals surface area contributed by atoms with E-state index in [2.05, 4.69) is 25.3 Å². The molecule has 0 aliphatic carbocycles. The number of aromatic nitrogens is 1. The van der Waals surface area contributed by atoms with Gasteiger partial charge in [-0.15, -0.1) is 24.0 Å². The fourth-order valence-electron chi connectivity index (χ4n) is 2.62. The highest BCUT2D eigenvalue weighted by Crippen LogP contribution is 2.07. The molecule has 144 valence electrons. The van der Waals surface area contributed by atoms with Gasteiger partial charge in [0, 0.05) is 66.1 Å². The molecule has 8 nitrogen and oxygen atoms in total. The monoisotopic (exact) mass is 467 g/mol. The molecule has 0 amide bonds. The van der Waals surface area contributed by atoms with E-state index in [0.29, 0.717) is 13.2 Å². The fourth-order valence-corrected chi connectivity index (χ4v) is 2.62. The van der Waals surface area contributed by atoms with Crippen LogP contribution in [-0.4, -0.2) is 87.6 Å². The molecule has 1 saturated heterocycles. The first kappa shape index (κ1) is 22.1. The van der Waals surface area contributed by atoms with E-state index in [9.17, 15) is 0 Å². The number of nitrogens with zero attached hydrogens (tertiary/aromatic N) is 4. The van der Waals surface area contributed by atoms with Gasteiger partial charge in [-0.1, -0.05) is 5.16 Å². The van der Waals surface area contributed by atoms with Crippen LogP contribution in [0.1, 0.15) is 12.1 Å². The first-order valence-corrected chi connectivity index (χ1v) is 8.47. The van der Waals surface area contributed by atoms with E-state index < -0.39 is 0 Å². The van der Waals surface area contributed by atoms with Crippen LogP contribution in [0.3, 0.4) is 0 Å². The lowest BCUT2D eigenvalue weighted by Crippen LogP contribution is -2.52. The minimum atomic E-state index is 0. The maximum atomic E-state index is 5.46. The van der Waals surface area contributed by atoms with E-state index in [1.807, 2.05) is 13.1 Å². The lowest BCUT2D eigenvalue weighted by atomic mass is 10.3. The van der Waals surface area contributed by atoms with Gasteiger partial charge in [-0.2, -0.15) is 0 Å².